The lowest BCUT2D eigenvalue weighted by molar-refractivity contribution is -0.140. The van der Waals surface area contributed by atoms with Crippen LogP contribution in [0.4, 0.5) is 35.1 Å². The molecule has 3 aromatic carbocycles. The Kier molecular flexibility index (Phi) is 9.76. The third-order valence-corrected chi connectivity index (χ3v) is 10.1. The molecule has 2 aliphatic heterocycles. The molecule has 290 valence electrons. The largest absolute Gasteiger partial charge is 0.481 e. The maximum atomic E-state index is 16.1. The number of hydrogen-bond donors (Lipinski definition) is 2. The predicted octanol–water partition coefficient (Wildman–Crippen LogP) is 8.10. The molecule has 4 aromatic rings. The summed E-state index contributed by atoms with van der Waals surface area (Å²) in [7, 11) is 0. The van der Waals surface area contributed by atoms with Crippen LogP contribution >= 0.6 is 0 Å². The van der Waals surface area contributed by atoms with Crippen LogP contribution in [0.5, 0.6) is 11.5 Å². The van der Waals surface area contributed by atoms with Gasteiger partial charge in [0.15, 0.2) is 0 Å². The molecule has 55 heavy (non-hydrogen) atoms. The van der Waals surface area contributed by atoms with E-state index in [4.69, 9.17) is 4.74 Å². The summed E-state index contributed by atoms with van der Waals surface area (Å²) >= 11 is 0. The number of carbonyl (C=O) groups is 2. The number of likely N-dealkylation sites (tertiary alicyclic amines) is 1. The first-order valence-corrected chi connectivity index (χ1v) is 17.4. The summed E-state index contributed by atoms with van der Waals surface area (Å²) in [5.74, 6) is -4.44. The van der Waals surface area contributed by atoms with E-state index in [1.807, 2.05) is 0 Å². The van der Waals surface area contributed by atoms with Crippen LogP contribution in [-0.2, 0) is 28.4 Å². The van der Waals surface area contributed by atoms with Gasteiger partial charge in [-0.1, -0.05) is 18.2 Å². The Bertz CT molecular complexity index is 2240. The number of carbonyl (C=O) groups excluding carboxylic acids is 1. The monoisotopic (exact) mass is 775 g/mol. The van der Waals surface area contributed by atoms with Crippen LogP contribution in [-0.4, -0.2) is 52.3 Å². The lowest BCUT2D eigenvalue weighted by Crippen LogP contribution is -2.49. The average Bonchev–Trinajstić information content (AvgIpc) is 3.92. The Labute approximate surface area is 308 Å². The molecule has 1 saturated carbocycles. The van der Waals surface area contributed by atoms with E-state index in [1.165, 1.54) is 24.3 Å². The normalized spacial score (nSPS) is 19.3. The lowest BCUT2D eigenvalue weighted by Gasteiger charge is -2.34. The van der Waals surface area contributed by atoms with Crippen LogP contribution in [0.15, 0.2) is 65.6 Å². The molecule has 3 aliphatic rings. The quantitative estimate of drug-likeness (QED) is 0.184. The van der Waals surface area contributed by atoms with Crippen molar-refractivity contribution >= 4 is 11.9 Å². The summed E-state index contributed by atoms with van der Waals surface area (Å²) in [6.07, 6.45) is -10.3. The van der Waals surface area contributed by atoms with Crippen LogP contribution in [0.3, 0.4) is 0 Å². The van der Waals surface area contributed by atoms with Crippen LogP contribution in [0.1, 0.15) is 76.2 Å². The fraction of sp³-hybridized carbons (Fsp3) is 0.359. The van der Waals surface area contributed by atoms with E-state index >= 15 is 4.39 Å². The third kappa shape index (κ3) is 7.82. The first-order valence-electron chi connectivity index (χ1n) is 17.4. The van der Waals surface area contributed by atoms with Gasteiger partial charge in [-0.3, -0.25) is 23.9 Å². The molecule has 16 heteroatoms. The molecule has 1 aliphatic carbocycles. The number of pyridine rings is 1. The van der Waals surface area contributed by atoms with Crippen LogP contribution in [0.25, 0.3) is 11.1 Å². The highest BCUT2D eigenvalue weighted by molar-refractivity contribution is 5.85. The first kappa shape index (κ1) is 38.0. The van der Waals surface area contributed by atoms with Gasteiger partial charge in [0.2, 0.25) is 5.91 Å². The molecule has 2 fully saturated rings. The number of aryl methyl sites for hydroxylation is 1. The molecule has 0 spiro atoms. The third-order valence-electron chi connectivity index (χ3n) is 10.1. The van der Waals surface area contributed by atoms with E-state index in [0.29, 0.717) is 22.3 Å². The fourth-order valence-corrected chi connectivity index (χ4v) is 7.34. The number of carboxylic acid groups (broad SMARTS) is 1. The molecular weight excluding hydrogens is 742 g/mol. The SMILES string of the molecule is Cc1cc(C2CC2)cc2c1-c1cc(c(F)c(C(F)(F)F)c1)[C@H](CC(=O)O)NC(=O)[C@@H](n1cc(CCN3CC(F)C3)c(C(F)(F)F)cc1=O)c1cccc(c1)O2. The minimum Gasteiger partial charge on any atom is -0.481 e. The Morgan fingerprint density at radius 2 is 1.65 bits per heavy atom. The molecule has 2 atom stereocenters. The fourth-order valence-electron chi connectivity index (χ4n) is 7.34. The van der Waals surface area contributed by atoms with Crippen molar-refractivity contribution in [3.05, 3.63) is 116 Å². The number of carboxylic acids is 1. The minimum atomic E-state index is -5.27. The second kappa shape index (κ2) is 14.1. The summed E-state index contributed by atoms with van der Waals surface area (Å²) in [6, 6.07) is 7.11. The molecule has 1 aromatic heterocycles. The summed E-state index contributed by atoms with van der Waals surface area (Å²) in [5.41, 5.74) is -4.33. The zero-order chi connectivity index (χ0) is 39.6. The highest BCUT2D eigenvalue weighted by Crippen LogP contribution is 2.47. The van der Waals surface area contributed by atoms with Crippen molar-refractivity contribution in [2.24, 2.45) is 0 Å². The molecule has 2 N–H and O–H groups in total. The number of benzene rings is 3. The van der Waals surface area contributed by atoms with Crippen molar-refractivity contribution in [1.29, 1.82) is 0 Å². The van der Waals surface area contributed by atoms with E-state index in [2.05, 4.69) is 5.32 Å². The van der Waals surface area contributed by atoms with Gasteiger partial charge in [-0.25, -0.2) is 8.78 Å². The summed E-state index contributed by atoms with van der Waals surface area (Å²) in [5, 5.41) is 12.2. The van der Waals surface area contributed by atoms with Crippen molar-refractivity contribution in [1.82, 2.24) is 14.8 Å². The number of nitrogens with zero attached hydrogens (tertiary/aromatic N) is 2. The zero-order valence-electron chi connectivity index (χ0n) is 29.0. The highest BCUT2D eigenvalue weighted by atomic mass is 19.4. The van der Waals surface area contributed by atoms with Crippen LogP contribution in [0.2, 0.25) is 0 Å². The number of aliphatic carboxylic acids is 1. The number of hydrogen-bond acceptors (Lipinski definition) is 5. The number of aromatic nitrogens is 1. The van der Waals surface area contributed by atoms with E-state index in [0.717, 1.165) is 30.7 Å². The van der Waals surface area contributed by atoms with Gasteiger partial charge < -0.3 is 15.2 Å². The van der Waals surface area contributed by atoms with Crippen molar-refractivity contribution in [3.8, 4) is 22.6 Å². The van der Waals surface area contributed by atoms with Gasteiger partial charge in [-0.05, 0) is 90.3 Å². The van der Waals surface area contributed by atoms with E-state index < -0.39 is 82.5 Å². The predicted molar refractivity (Wildman–Crippen MR) is 182 cm³/mol. The number of halogens is 8. The molecule has 8 nitrogen and oxygen atoms in total. The minimum absolute atomic E-state index is 0.00238. The molecular formula is C39H33F8N3O5. The molecule has 3 heterocycles. The van der Waals surface area contributed by atoms with Crippen molar-refractivity contribution in [2.45, 2.75) is 69.1 Å². The molecule has 4 bridgehead atoms. The van der Waals surface area contributed by atoms with Gasteiger partial charge in [0.1, 0.15) is 29.5 Å². The molecule has 1 saturated heterocycles. The second-order valence-electron chi connectivity index (χ2n) is 14.2. The average molecular weight is 776 g/mol. The number of amides is 1. The topological polar surface area (TPSA) is 101 Å². The Morgan fingerprint density at radius 3 is 2.29 bits per heavy atom. The maximum absolute atomic E-state index is 16.1. The number of ether oxygens (including phenoxy) is 1. The summed E-state index contributed by atoms with van der Waals surface area (Å²) < 4.78 is 123. The van der Waals surface area contributed by atoms with Crippen LogP contribution in [0, 0.1) is 12.7 Å². The number of fused-ring (bicyclic) bond motifs is 6. The zero-order valence-corrected chi connectivity index (χ0v) is 29.0. The number of rotatable bonds is 7. The van der Waals surface area contributed by atoms with Gasteiger partial charge in [0, 0.05) is 43.0 Å². The van der Waals surface area contributed by atoms with Crippen molar-refractivity contribution in [2.75, 3.05) is 19.6 Å². The van der Waals surface area contributed by atoms with Crippen LogP contribution < -0.4 is 15.6 Å². The lowest BCUT2D eigenvalue weighted by atomic mass is 9.90. The van der Waals surface area contributed by atoms with Gasteiger partial charge in [0.25, 0.3) is 5.56 Å². The van der Waals surface area contributed by atoms with Crippen molar-refractivity contribution in [3.63, 3.8) is 0 Å². The van der Waals surface area contributed by atoms with Gasteiger partial charge >= 0.3 is 18.3 Å². The first-order chi connectivity index (χ1) is 25.9. The molecule has 1 amide bonds. The highest BCUT2D eigenvalue weighted by Gasteiger charge is 2.40. The summed E-state index contributed by atoms with van der Waals surface area (Å²) in [4.78, 5) is 41.7. The summed E-state index contributed by atoms with van der Waals surface area (Å²) in [6.45, 7) is 1.63. The Balaban J connectivity index is 1.46. The van der Waals surface area contributed by atoms with Gasteiger partial charge in [-0.2, -0.15) is 26.3 Å². The Hall–Kier alpha value is -5.25. The van der Waals surface area contributed by atoms with E-state index in [1.54, 1.807) is 24.0 Å². The molecule has 7 rings (SSSR count). The standard InChI is InChI=1S/C39H33F8N3O5/c1-19-9-23(20-5-6-20)13-31-34(19)24-11-27(35(41)29(12-24)39(45,46)47)30(15-33(52)53)48-37(54)36(21-3-2-4-26(10-21)55-31)50-16-22(7-8-49-17-25(40)18-49)28(14-32(50)51)38(42,43)44/h2-4,9-14,16,20,25,30,36H,5-8,15,17-18H2,1H3,(H,48,54)(H,52,53)/t30-,36-/m0/s1. The number of nitrogens with one attached hydrogen (secondary N) is 1. The molecule has 0 radical (unpaired) electrons. The van der Waals surface area contributed by atoms with Crippen molar-refractivity contribution < 1.29 is 54.6 Å². The van der Waals surface area contributed by atoms with Gasteiger partial charge in [0.05, 0.1) is 23.6 Å². The van der Waals surface area contributed by atoms with E-state index in [9.17, 15) is 50.2 Å². The van der Waals surface area contributed by atoms with E-state index in [-0.39, 0.29) is 60.2 Å². The smallest absolute Gasteiger partial charge is 0.419 e. The van der Waals surface area contributed by atoms with Gasteiger partial charge in [-0.15, -0.1) is 0 Å². The number of alkyl halides is 7. The second-order valence-corrected chi connectivity index (χ2v) is 14.2. The molecule has 0 unspecified atom stereocenters. The Morgan fingerprint density at radius 1 is 0.945 bits per heavy atom. The maximum Gasteiger partial charge on any atom is 0.419 e.